The molecule has 0 radical (unpaired) electrons. The van der Waals surface area contributed by atoms with Crippen molar-refractivity contribution in [3.63, 3.8) is 0 Å². The summed E-state index contributed by atoms with van der Waals surface area (Å²) in [7, 11) is 1.58. The van der Waals surface area contributed by atoms with E-state index in [1.54, 1.807) is 29.0 Å². The Balaban J connectivity index is 1.38. The second-order valence-electron chi connectivity index (χ2n) is 5.99. The molecule has 1 aromatic heterocycles. The normalized spacial score (nSPS) is 14.0. The highest BCUT2D eigenvalue weighted by Gasteiger charge is 2.25. The molecule has 1 saturated heterocycles. The lowest BCUT2D eigenvalue weighted by molar-refractivity contribution is 0.0634. The summed E-state index contributed by atoms with van der Waals surface area (Å²) in [5, 5.41) is 2.83. The summed E-state index contributed by atoms with van der Waals surface area (Å²) in [5.74, 6) is 1.46. The first kappa shape index (κ1) is 18.6. The highest BCUT2D eigenvalue weighted by Crippen LogP contribution is 2.25. The topological polar surface area (TPSA) is 84.3 Å². The fourth-order valence-electron chi connectivity index (χ4n) is 2.84. The van der Waals surface area contributed by atoms with Crippen LogP contribution in [0.1, 0.15) is 10.6 Å². The van der Waals surface area contributed by atoms with Gasteiger partial charge in [-0.2, -0.15) is 0 Å². The number of urea groups is 1. The number of hydrogen-bond acceptors (Lipinski definition) is 5. The number of amides is 3. The van der Waals surface area contributed by atoms with Gasteiger partial charge in [-0.1, -0.05) is 12.1 Å². The lowest BCUT2D eigenvalue weighted by atomic mass is 10.3. The average molecular weight is 373 g/mol. The molecule has 8 heteroatoms. The molecule has 1 fully saturated rings. The number of methoxy groups -OCH3 is 1. The predicted molar refractivity (Wildman–Crippen MR) is 98.1 cm³/mol. The minimum Gasteiger partial charge on any atom is -0.493 e. The van der Waals surface area contributed by atoms with Gasteiger partial charge in [0.05, 0.1) is 19.9 Å². The molecule has 0 atom stereocenters. The molecule has 8 nitrogen and oxygen atoms in total. The third-order valence-corrected chi connectivity index (χ3v) is 4.29. The van der Waals surface area contributed by atoms with E-state index in [-0.39, 0.29) is 11.9 Å². The molecular formula is C19H23N3O5. The summed E-state index contributed by atoms with van der Waals surface area (Å²) in [4.78, 5) is 27.8. The van der Waals surface area contributed by atoms with Crippen molar-refractivity contribution in [3.8, 4) is 11.5 Å². The summed E-state index contributed by atoms with van der Waals surface area (Å²) in [6, 6.07) is 10.5. The maximum absolute atomic E-state index is 12.3. The van der Waals surface area contributed by atoms with Gasteiger partial charge in [0.15, 0.2) is 17.3 Å². The molecule has 0 unspecified atom stereocenters. The molecule has 0 bridgehead atoms. The van der Waals surface area contributed by atoms with Crippen LogP contribution in [0, 0.1) is 0 Å². The van der Waals surface area contributed by atoms with Gasteiger partial charge in [0, 0.05) is 26.2 Å². The van der Waals surface area contributed by atoms with E-state index in [1.807, 2.05) is 24.3 Å². The van der Waals surface area contributed by atoms with Crippen molar-refractivity contribution in [2.24, 2.45) is 0 Å². The molecule has 1 aromatic carbocycles. The highest BCUT2D eigenvalue weighted by atomic mass is 16.5. The van der Waals surface area contributed by atoms with E-state index in [1.165, 1.54) is 6.26 Å². The third kappa shape index (κ3) is 4.72. The molecule has 144 valence electrons. The van der Waals surface area contributed by atoms with Crippen molar-refractivity contribution < 1.29 is 23.5 Å². The second-order valence-corrected chi connectivity index (χ2v) is 5.99. The van der Waals surface area contributed by atoms with Crippen LogP contribution >= 0.6 is 0 Å². The van der Waals surface area contributed by atoms with Crippen molar-refractivity contribution in [2.75, 3.05) is 46.4 Å². The van der Waals surface area contributed by atoms with E-state index < -0.39 is 0 Å². The Labute approximate surface area is 157 Å². The monoisotopic (exact) mass is 373 g/mol. The average Bonchev–Trinajstić information content (AvgIpc) is 3.25. The zero-order chi connectivity index (χ0) is 19.1. The van der Waals surface area contributed by atoms with Crippen molar-refractivity contribution >= 4 is 11.9 Å². The quantitative estimate of drug-likeness (QED) is 0.781. The Morgan fingerprint density at radius 3 is 2.41 bits per heavy atom. The lowest BCUT2D eigenvalue weighted by Gasteiger charge is -2.34. The number of benzene rings is 1. The number of furan rings is 1. The SMILES string of the molecule is COc1ccccc1OCCNC(=O)N1CCN(C(=O)c2ccco2)CC1. The van der Waals surface area contributed by atoms with Crippen molar-refractivity contribution in [2.45, 2.75) is 0 Å². The van der Waals surface area contributed by atoms with E-state index >= 15 is 0 Å². The summed E-state index contributed by atoms with van der Waals surface area (Å²) in [6.07, 6.45) is 1.48. The number of nitrogens with zero attached hydrogens (tertiary/aromatic N) is 2. The number of carbonyl (C=O) groups excluding carboxylic acids is 2. The molecule has 1 aliphatic heterocycles. The van der Waals surface area contributed by atoms with Crippen LogP contribution in [0.25, 0.3) is 0 Å². The predicted octanol–water partition coefficient (Wildman–Crippen LogP) is 1.83. The molecule has 3 amide bonds. The molecule has 2 heterocycles. The lowest BCUT2D eigenvalue weighted by Crippen LogP contribution is -2.53. The maximum Gasteiger partial charge on any atom is 0.317 e. The molecule has 2 aromatic rings. The van der Waals surface area contributed by atoms with E-state index in [2.05, 4.69) is 5.32 Å². The van der Waals surface area contributed by atoms with Gasteiger partial charge in [-0.3, -0.25) is 4.79 Å². The van der Waals surface area contributed by atoms with Crippen molar-refractivity contribution in [1.29, 1.82) is 0 Å². The summed E-state index contributed by atoms with van der Waals surface area (Å²) < 4.78 is 16.0. The largest absolute Gasteiger partial charge is 0.493 e. The Kier molecular flexibility index (Phi) is 6.19. The smallest absolute Gasteiger partial charge is 0.317 e. The number of hydrogen-bond donors (Lipinski definition) is 1. The number of carbonyl (C=O) groups is 2. The van der Waals surface area contributed by atoms with Crippen LogP contribution < -0.4 is 14.8 Å². The van der Waals surface area contributed by atoms with Crippen LogP contribution in [0.3, 0.4) is 0 Å². The van der Waals surface area contributed by atoms with Gasteiger partial charge in [0.25, 0.3) is 5.91 Å². The van der Waals surface area contributed by atoms with Gasteiger partial charge in [-0.25, -0.2) is 4.79 Å². The summed E-state index contributed by atoms with van der Waals surface area (Å²) >= 11 is 0. The van der Waals surface area contributed by atoms with Crippen LogP contribution in [-0.4, -0.2) is 68.2 Å². The second kappa shape index (κ2) is 8.98. The minimum atomic E-state index is -0.163. The number of nitrogens with one attached hydrogen (secondary N) is 1. The van der Waals surface area contributed by atoms with Gasteiger partial charge in [-0.05, 0) is 24.3 Å². The zero-order valence-electron chi connectivity index (χ0n) is 15.2. The number of ether oxygens (including phenoxy) is 2. The van der Waals surface area contributed by atoms with Gasteiger partial charge in [0.1, 0.15) is 6.61 Å². The van der Waals surface area contributed by atoms with Crippen molar-refractivity contribution in [3.05, 3.63) is 48.4 Å². The van der Waals surface area contributed by atoms with Crippen LogP contribution in [0.15, 0.2) is 47.1 Å². The molecular weight excluding hydrogens is 350 g/mol. The van der Waals surface area contributed by atoms with Gasteiger partial charge in [-0.15, -0.1) is 0 Å². The Bertz CT molecular complexity index is 754. The standard InChI is InChI=1S/C19H23N3O5/c1-25-15-5-2-3-6-16(15)27-14-8-20-19(24)22-11-9-21(10-12-22)18(23)17-7-4-13-26-17/h2-7,13H,8-12,14H2,1H3,(H,20,24). The number of piperazine rings is 1. The van der Waals surface area contributed by atoms with E-state index in [4.69, 9.17) is 13.9 Å². The fraction of sp³-hybridized carbons (Fsp3) is 0.368. The summed E-state index contributed by atoms with van der Waals surface area (Å²) in [5.41, 5.74) is 0. The van der Waals surface area contributed by atoms with E-state index in [0.717, 1.165) is 0 Å². The first-order valence-corrected chi connectivity index (χ1v) is 8.80. The number of rotatable bonds is 6. The van der Waals surface area contributed by atoms with Gasteiger partial charge >= 0.3 is 6.03 Å². The minimum absolute atomic E-state index is 0.148. The van der Waals surface area contributed by atoms with Crippen LogP contribution in [0.4, 0.5) is 4.79 Å². The van der Waals surface area contributed by atoms with E-state index in [9.17, 15) is 9.59 Å². The van der Waals surface area contributed by atoms with E-state index in [0.29, 0.717) is 56.6 Å². The maximum atomic E-state index is 12.3. The molecule has 3 rings (SSSR count). The number of para-hydroxylation sites is 2. The fourth-order valence-corrected chi connectivity index (χ4v) is 2.84. The third-order valence-electron chi connectivity index (χ3n) is 4.29. The molecule has 1 aliphatic rings. The molecule has 0 saturated carbocycles. The van der Waals surface area contributed by atoms with Gasteiger partial charge < -0.3 is 29.0 Å². The van der Waals surface area contributed by atoms with Crippen LogP contribution in [-0.2, 0) is 0 Å². The molecule has 27 heavy (non-hydrogen) atoms. The summed E-state index contributed by atoms with van der Waals surface area (Å²) in [6.45, 7) is 2.62. The van der Waals surface area contributed by atoms with Crippen LogP contribution in [0.2, 0.25) is 0 Å². The molecule has 0 spiro atoms. The Morgan fingerprint density at radius 2 is 1.74 bits per heavy atom. The van der Waals surface area contributed by atoms with Crippen LogP contribution in [0.5, 0.6) is 11.5 Å². The first-order valence-electron chi connectivity index (χ1n) is 8.80. The zero-order valence-corrected chi connectivity index (χ0v) is 15.2. The first-order chi connectivity index (χ1) is 13.2. The molecule has 1 N–H and O–H groups in total. The van der Waals surface area contributed by atoms with Crippen molar-refractivity contribution in [1.82, 2.24) is 15.1 Å². The molecule has 0 aliphatic carbocycles. The van der Waals surface area contributed by atoms with Gasteiger partial charge in [0.2, 0.25) is 0 Å². The highest BCUT2D eigenvalue weighted by molar-refractivity contribution is 5.91. The Morgan fingerprint density at radius 1 is 1.04 bits per heavy atom. The Hall–Kier alpha value is -3.16.